The molecule has 0 radical (unpaired) electrons. The number of carbonyl (C=O) groups excluding carboxylic acids is 1. The summed E-state index contributed by atoms with van der Waals surface area (Å²) in [5, 5.41) is 8.30. The van der Waals surface area contributed by atoms with Crippen LogP contribution in [-0.4, -0.2) is 49.7 Å². The van der Waals surface area contributed by atoms with Gasteiger partial charge in [0.05, 0.1) is 29.2 Å². The standard InChI is InChI=1S/C17H21ClN6O/c1-11(25)23-6-4-13(5-7-23)21-17-19-9-15(18)16(22-17)12-8-20-24(10-12)14-2-3-14/h8-10,13-14H,2-7H2,1H3,(H,19,21,22). The zero-order chi connectivity index (χ0) is 17.4. The summed E-state index contributed by atoms with van der Waals surface area (Å²) in [7, 11) is 0. The summed E-state index contributed by atoms with van der Waals surface area (Å²) < 4.78 is 1.98. The van der Waals surface area contributed by atoms with E-state index in [2.05, 4.69) is 20.4 Å². The van der Waals surface area contributed by atoms with Crippen LogP contribution < -0.4 is 5.32 Å². The number of rotatable bonds is 4. The van der Waals surface area contributed by atoms with E-state index < -0.39 is 0 Å². The third kappa shape index (κ3) is 3.61. The quantitative estimate of drug-likeness (QED) is 0.907. The second-order valence-electron chi connectivity index (χ2n) is 6.76. The molecule has 2 aromatic heterocycles. The van der Waals surface area contributed by atoms with Gasteiger partial charge in [0.1, 0.15) is 0 Å². The van der Waals surface area contributed by atoms with Crippen molar-refractivity contribution in [3.8, 4) is 11.3 Å². The van der Waals surface area contributed by atoms with E-state index in [-0.39, 0.29) is 11.9 Å². The molecule has 2 aromatic rings. The molecule has 132 valence electrons. The smallest absolute Gasteiger partial charge is 0.223 e. The van der Waals surface area contributed by atoms with Crippen molar-refractivity contribution in [3.63, 3.8) is 0 Å². The molecule has 0 unspecified atom stereocenters. The van der Waals surface area contributed by atoms with Crippen LogP contribution >= 0.6 is 11.6 Å². The minimum absolute atomic E-state index is 0.135. The Labute approximate surface area is 151 Å². The third-order valence-corrected chi connectivity index (χ3v) is 5.09. The van der Waals surface area contributed by atoms with E-state index in [0.717, 1.165) is 31.5 Å². The number of nitrogens with zero attached hydrogens (tertiary/aromatic N) is 5. The number of piperidine rings is 1. The van der Waals surface area contributed by atoms with Gasteiger partial charge in [0.15, 0.2) is 0 Å². The molecular weight excluding hydrogens is 340 g/mol. The maximum absolute atomic E-state index is 11.4. The lowest BCUT2D eigenvalue weighted by atomic mass is 10.1. The summed E-state index contributed by atoms with van der Waals surface area (Å²) in [5.74, 6) is 0.705. The van der Waals surface area contributed by atoms with E-state index >= 15 is 0 Å². The predicted octanol–water partition coefficient (Wildman–Crippen LogP) is 2.75. The molecule has 1 aliphatic carbocycles. The van der Waals surface area contributed by atoms with Gasteiger partial charge in [-0.25, -0.2) is 9.97 Å². The van der Waals surface area contributed by atoms with Gasteiger partial charge in [-0.1, -0.05) is 11.6 Å². The lowest BCUT2D eigenvalue weighted by molar-refractivity contribution is -0.129. The van der Waals surface area contributed by atoms with Gasteiger partial charge in [-0.15, -0.1) is 0 Å². The molecule has 4 rings (SSSR count). The first-order chi connectivity index (χ1) is 12.1. The fourth-order valence-corrected chi connectivity index (χ4v) is 3.36. The first-order valence-corrected chi connectivity index (χ1v) is 9.07. The highest BCUT2D eigenvalue weighted by molar-refractivity contribution is 6.32. The topological polar surface area (TPSA) is 75.9 Å². The Balaban J connectivity index is 1.47. The lowest BCUT2D eigenvalue weighted by Crippen LogP contribution is -2.41. The third-order valence-electron chi connectivity index (χ3n) is 4.81. The molecule has 7 nitrogen and oxygen atoms in total. The van der Waals surface area contributed by atoms with E-state index in [1.165, 1.54) is 12.8 Å². The number of halogens is 1. The summed E-state index contributed by atoms with van der Waals surface area (Å²) in [6.07, 6.45) is 9.59. The number of hydrogen-bond acceptors (Lipinski definition) is 5. The zero-order valence-corrected chi connectivity index (χ0v) is 14.9. The number of anilines is 1. The summed E-state index contributed by atoms with van der Waals surface area (Å²) in [5.41, 5.74) is 1.61. The van der Waals surface area contributed by atoms with Crippen LogP contribution in [0, 0.1) is 0 Å². The van der Waals surface area contributed by atoms with Crippen molar-refractivity contribution in [2.24, 2.45) is 0 Å². The van der Waals surface area contributed by atoms with Gasteiger partial charge < -0.3 is 10.2 Å². The van der Waals surface area contributed by atoms with E-state index in [1.807, 2.05) is 22.0 Å². The normalized spacial score (nSPS) is 18.4. The Morgan fingerprint density at radius 2 is 2.00 bits per heavy atom. The molecule has 25 heavy (non-hydrogen) atoms. The Morgan fingerprint density at radius 3 is 2.68 bits per heavy atom. The molecular formula is C17H21ClN6O. The highest BCUT2D eigenvalue weighted by Gasteiger charge is 2.25. The van der Waals surface area contributed by atoms with Crippen LogP contribution in [0.2, 0.25) is 5.02 Å². The number of amides is 1. The second kappa shape index (κ2) is 6.63. The number of likely N-dealkylation sites (tertiary alicyclic amines) is 1. The molecule has 2 fully saturated rings. The van der Waals surface area contributed by atoms with E-state index in [9.17, 15) is 4.79 Å². The van der Waals surface area contributed by atoms with Crippen molar-refractivity contribution in [2.45, 2.75) is 44.7 Å². The van der Waals surface area contributed by atoms with Gasteiger partial charge in [-0.3, -0.25) is 9.48 Å². The molecule has 8 heteroatoms. The van der Waals surface area contributed by atoms with Crippen LogP contribution in [0.3, 0.4) is 0 Å². The van der Waals surface area contributed by atoms with Gasteiger partial charge in [0.2, 0.25) is 11.9 Å². The monoisotopic (exact) mass is 360 g/mol. The van der Waals surface area contributed by atoms with Crippen molar-refractivity contribution >= 4 is 23.5 Å². The van der Waals surface area contributed by atoms with Crippen molar-refractivity contribution < 1.29 is 4.79 Å². The Morgan fingerprint density at radius 1 is 1.24 bits per heavy atom. The molecule has 1 saturated carbocycles. The summed E-state index contributed by atoms with van der Waals surface area (Å²) in [6, 6.07) is 0.789. The molecule has 0 spiro atoms. The average Bonchev–Trinajstić information content (AvgIpc) is 3.35. The van der Waals surface area contributed by atoms with Crippen LogP contribution in [0.15, 0.2) is 18.6 Å². The number of aromatic nitrogens is 4. The molecule has 0 aromatic carbocycles. The van der Waals surface area contributed by atoms with Crippen LogP contribution in [0.4, 0.5) is 5.95 Å². The molecule has 1 saturated heterocycles. The van der Waals surface area contributed by atoms with Gasteiger partial charge in [-0.2, -0.15) is 5.10 Å². The molecule has 1 N–H and O–H groups in total. The maximum Gasteiger partial charge on any atom is 0.223 e. The number of nitrogens with one attached hydrogen (secondary N) is 1. The molecule has 3 heterocycles. The Kier molecular flexibility index (Phi) is 4.33. The van der Waals surface area contributed by atoms with Gasteiger partial charge >= 0.3 is 0 Å². The summed E-state index contributed by atoms with van der Waals surface area (Å²) in [4.78, 5) is 22.2. The van der Waals surface area contributed by atoms with Crippen molar-refractivity contribution in [1.29, 1.82) is 0 Å². The van der Waals surface area contributed by atoms with Crippen molar-refractivity contribution in [1.82, 2.24) is 24.6 Å². The maximum atomic E-state index is 11.4. The molecule has 0 bridgehead atoms. The fraction of sp³-hybridized carbons (Fsp3) is 0.529. The average molecular weight is 361 g/mol. The second-order valence-corrected chi connectivity index (χ2v) is 7.16. The minimum atomic E-state index is 0.135. The Hall–Kier alpha value is -2.15. The van der Waals surface area contributed by atoms with Gasteiger partial charge in [0.25, 0.3) is 0 Å². The first kappa shape index (κ1) is 16.3. The highest BCUT2D eigenvalue weighted by atomic mass is 35.5. The largest absolute Gasteiger partial charge is 0.351 e. The molecule has 1 aliphatic heterocycles. The molecule has 0 atom stereocenters. The van der Waals surface area contributed by atoms with Gasteiger partial charge in [0, 0.05) is 37.8 Å². The van der Waals surface area contributed by atoms with Crippen LogP contribution in [-0.2, 0) is 4.79 Å². The highest BCUT2D eigenvalue weighted by Crippen LogP contribution is 2.35. The van der Waals surface area contributed by atoms with Crippen LogP contribution in [0.1, 0.15) is 38.6 Å². The lowest BCUT2D eigenvalue weighted by Gasteiger charge is -2.31. The number of carbonyl (C=O) groups is 1. The number of hydrogen-bond donors (Lipinski definition) is 1. The van der Waals surface area contributed by atoms with Crippen LogP contribution in [0.5, 0.6) is 0 Å². The summed E-state index contributed by atoms with van der Waals surface area (Å²) in [6.45, 7) is 3.15. The Bertz CT molecular complexity index is 779. The van der Waals surface area contributed by atoms with Crippen molar-refractivity contribution in [2.75, 3.05) is 18.4 Å². The minimum Gasteiger partial charge on any atom is -0.351 e. The molecule has 2 aliphatic rings. The first-order valence-electron chi connectivity index (χ1n) is 8.69. The zero-order valence-electron chi connectivity index (χ0n) is 14.2. The van der Waals surface area contributed by atoms with Crippen LogP contribution in [0.25, 0.3) is 11.3 Å². The SMILES string of the molecule is CC(=O)N1CCC(Nc2ncc(Cl)c(-c3cnn(C4CC4)c3)n2)CC1. The van der Waals surface area contributed by atoms with E-state index in [1.54, 1.807) is 13.1 Å². The van der Waals surface area contributed by atoms with Crippen molar-refractivity contribution in [3.05, 3.63) is 23.6 Å². The molecule has 1 amide bonds. The summed E-state index contributed by atoms with van der Waals surface area (Å²) >= 11 is 6.30. The fourth-order valence-electron chi connectivity index (χ4n) is 3.16. The predicted molar refractivity (Wildman–Crippen MR) is 95.4 cm³/mol. The van der Waals surface area contributed by atoms with E-state index in [0.29, 0.717) is 22.7 Å². The van der Waals surface area contributed by atoms with Gasteiger partial charge in [-0.05, 0) is 25.7 Å². The van der Waals surface area contributed by atoms with E-state index in [4.69, 9.17) is 11.6 Å².